The molecular weight excluding hydrogens is 436 g/mol. The molecule has 2 heterocycles. The predicted molar refractivity (Wildman–Crippen MR) is 118 cm³/mol. The Bertz CT molecular complexity index is 1290. The van der Waals surface area contributed by atoms with E-state index in [1.165, 1.54) is 12.1 Å². The molecule has 2 aromatic carbocycles. The number of nitrogens with zero attached hydrogens (tertiary/aromatic N) is 2. The predicted octanol–water partition coefficient (Wildman–Crippen LogP) is 4.03. The molecule has 4 rings (SSSR count). The van der Waals surface area contributed by atoms with Crippen molar-refractivity contribution < 1.29 is 18.0 Å². The minimum atomic E-state index is -4.02. The summed E-state index contributed by atoms with van der Waals surface area (Å²) in [5.74, 6) is -1.07. The molecule has 1 amide bonds. The molecule has 1 aliphatic heterocycles. The molecular formula is C23H21ClN2O4S. The van der Waals surface area contributed by atoms with Gasteiger partial charge in [-0.3, -0.25) is 9.59 Å². The van der Waals surface area contributed by atoms with Crippen LogP contribution in [0.15, 0.2) is 59.5 Å². The maximum atomic E-state index is 13.0. The van der Waals surface area contributed by atoms with Crippen LogP contribution in [0.1, 0.15) is 37.7 Å². The molecule has 0 N–H and O–H groups in total. The van der Waals surface area contributed by atoms with E-state index >= 15 is 0 Å². The second-order valence-electron chi connectivity index (χ2n) is 7.55. The van der Waals surface area contributed by atoms with Gasteiger partial charge in [0.2, 0.25) is 0 Å². The molecule has 160 valence electrons. The first kappa shape index (κ1) is 21.3. The van der Waals surface area contributed by atoms with Gasteiger partial charge in [-0.25, -0.2) is 12.7 Å². The number of carbonyl (C=O) groups is 2. The van der Waals surface area contributed by atoms with E-state index in [-0.39, 0.29) is 10.5 Å². The Morgan fingerprint density at radius 1 is 1.03 bits per heavy atom. The van der Waals surface area contributed by atoms with Crippen LogP contribution in [0.25, 0.3) is 0 Å². The minimum Gasteiger partial charge on any atom is -0.348 e. The number of fused-ring (bicyclic) bond motifs is 1. The van der Waals surface area contributed by atoms with Crippen molar-refractivity contribution in [2.45, 2.75) is 31.7 Å². The summed E-state index contributed by atoms with van der Waals surface area (Å²) in [4.78, 5) is 25.5. The Morgan fingerprint density at radius 2 is 1.71 bits per heavy atom. The molecule has 0 unspecified atom stereocenters. The van der Waals surface area contributed by atoms with Crippen molar-refractivity contribution in [1.82, 2.24) is 8.87 Å². The molecule has 0 radical (unpaired) electrons. The van der Waals surface area contributed by atoms with Gasteiger partial charge in [-0.05, 0) is 56.2 Å². The van der Waals surface area contributed by atoms with Crippen molar-refractivity contribution in [3.63, 3.8) is 0 Å². The summed E-state index contributed by atoms with van der Waals surface area (Å²) in [6.45, 7) is 3.88. The fourth-order valence-corrected chi connectivity index (χ4v) is 5.57. The highest BCUT2D eigenvalue weighted by Gasteiger charge is 2.42. The van der Waals surface area contributed by atoms with E-state index in [0.29, 0.717) is 21.4 Å². The highest BCUT2D eigenvalue weighted by molar-refractivity contribution is 7.90. The van der Waals surface area contributed by atoms with Gasteiger partial charge in [-0.1, -0.05) is 35.9 Å². The van der Waals surface area contributed by atoms with Crippen molar-refractivity contribution >= 4 is 33.3 Å². The average Bonchev–Trinajstić information content (AvgIpc) is 3.13. The number of halogens is 1. The standard InChI is InChI=1S/C23H21ClN2O4S/c1-15-13-20(16(2)25(15)12-11-17-7-9-18(24)10-8-17)21(27)14-26-23(28)19-5-3-4-6-22(19)31(26,29)30/h3-10,13H,11-12,14H2,1-2H3. The van der Waals surface area contributed by atoms with Gasteiger partial charge in [-0.2, -0.15) is 0 Å². The summed E-state index contributed by atoms with van der Waals surface area (Å²) < 4.78 is 28.2. The zero-order valence-corrected chi connectivity index (χ0v) is 18.7. The van der Waals surface area contributed by atoms with Gasteiger partial charge >= 0.3 is 0 Å². The van der Waals surface area contributed by atoms with Crippen LogP contribution in [0.5, 0.6) is 0 Å². The van der Waals surface area contributed by atoms with Gasteiger partial charge in [-0.15, -0.1) is 0 Å². The van der Waals surface area contributed by atoms with E-state index in [9.17, 15) is 18.0 Å². The Labute approximate surface area is 186 Å². The Morgan fingerprint density at radius 3 is 2.39 bits per heavy atom. The monoisotopic (exact) mass is 456 g/mol. The highest BCUT2D eigenvalue weighted by atomic mass is 35.5. The molecule has 0 fully saturated rings. The summed E-state index contributed by atoms with van der Waals surface area (Å²) in [5, 5.41) is 0.679. The second-order valence-corrected chi connectivity index (χ2v) is 9.82. The summed E-state index contributed by atoms with van der Waals surface area (Å²) in [5.41, 5.74) is 3.29. The Kier molecular flexibility index (Phi) is 5.49. The van der Waals surface area contributed by atoms with E-state index in [4.69, 9.17) is 11.6 Å². The van der Waals surface area contributed by atoms with Crippen molar-refractivity contribution in [3.05, 3.63) is 87.7 Å². The van der Waals surface area contributed by atoms with Gasteiger partial charge in [0, 0.05) is 28.5 Å². The Hall–Kier alpha value is -2.90. The molecule has 1 aliphatic rings. The van der Waals surface area contributed by atoms with Crippen molar-refractivity contribution in [2.75, 3.05) is 6.54 Å². The topological polar surface area (TPSA) is 76.5 Å². The van der Waals surface area contributed by atoms with Crippen LogP contribution in [-0.2, 0) is 23.0 Å². The fraction of sp³-hybridized carbons (Fsp3) is 0.217. The van der Waals surface area contributed by atoms with E-state index in [1.807, 2.05) is 42.7 Å². The van der Waals surface area contributed by atoms with Crippen molar-refractivity contribution in [1.29, 1.82) is 0 Å². The molecule has 0 saturated heterocycles. The molecule has 0 spiro atoms. The number of sulfonamides is 1. The number of aromatic nitrogens is 1. The van der Waals surface area contributed by atoms with E-state index in [1.54, 1.807) is 18.2 Å². The maximum absolute atomic E-state index is 13.0. The third-order valence-electron chi connectivity index (χ3n) is 5.61. The van der Waals surface area contributed by atoms with Crippen LogP contribution >= 0.6 is 11.6 Å². The molecule has 6 nitrogen and oxygen atoms in total. The zero-order valence-electron chi connectivity index (χ0n) is 17.1. The fourth-order valence-electron chi connectivity index (χ4n) is 3.92. The molecule has 3 aromatic rings. The second kappa shape index (κ2) is 7.98. The SMILES string of the molecule is Cc1cc(C(=O)CN2C(=O)c3ccccc3S2(=O)=O)c(C)n1CCc1ccc(Cl)cc1. The number of aryl methyl sites for hydroxylation is 2. The van der Waals surface area contributed by atoms with Crippen LogP contribution in [0.3, 0.4) is 0 Å². The van der Waals surface area contributed by atoms with E-state index < -0.39 is 28.3 Å². The largest absolute Gasteiger partial charge is 0.348 e. The van der Waals surface area contributed by atoms with E-state index in [0.717, 1.165) is 23.4 Å². The minimum absolute atomic E-state index is 0.0544. The lowest BCUT2D eigenvalue weighted by Crippen LogP contribution is -2.35. The molecule has 0 bridgehead atoms. The number of amides is 1. The van der Waals surface area contributed by atoms with Crippen LogP contribution in [0.4, 0.5) is 0 Å². The van der Waals surface area contributed by atoms with E-state index in [2.05, 4.69) is 0 Å². The molecule has 0 atom stereocenters. The van der Waals surface area contributed by atoms with Crippen molar-refractivity contribution in [2.24, 2.45) is 0 Å². The highest BCUT2D eigenvalue weighted by Crippen LogP contribution is 2.30. The number of rotatable bonds is 6. The third-order valence-corrected chi connectivity index (χ3v) is 7.65. The number of carbonyl (C=O) groups excluding carboxylic acids is 2. The normalized spacial score (nSPS) is 14.7. The quantitative estimate of drug-likeness (QED) is 0.525. The van der Waals surface area contributed by atoms with Crippen LogP contribution in [-0.4, -0.2) is 35.5 Å². The van der Waals surface area contributed by atoms with Crippen molar-refractivity contribution in [3.8, 4) is 0 Å². The number of ketones is 1. The summed E-state index contributed by atoms with van der Waals surface area (Å²) in [7, 11) is -4.02. The average molecular weight is 457 g/mol. The molecule has 0 saturated carbocycles. The van der Waals surface area contributed by atoms with Gasteiger partial charge in [0.15, 0.2) is 5.78 Å². The first-order valence-electron chi connectivity index (χ1n) is 9.80. The van der Waals surface area contributed by atoms with Crippen LogP contribution in [0, 0.1) is 13.8 Å². The smallest absolute Gasteiger partial charge is 0.269 e. The summed E-state index contributed by atoms with van der Waals surface area (Å²) in [6.07, 6.45) is 0.759. The van der Waals surface area contributed by atoms with Gasteiger partial charge in [0.25, 0.3) is 15.9 Å². The summed E-state index contributed by atoms with van der Waals surface area (Å²) in [6, 6.07) is 15.4. The number of benzene rings is 2. The zero-order chi connectivity index (χ0) is 22.3. The van der Waals surface area contributed by atoms with Gasteiger partial charge in [0.05, 0.1) is 5.56 Å². The molecule has 31 heavy (non-hydrogen) atoms. The summed E-state index contributed by atoms with van der Waals surface area (Å²) >= 11 is 5.93. The van der Waals surface area contributed by atoms with Crippen LogP contribution in [0.2, 0.25) is 5.02 Å². The molecule has 1 aromatic heterocycles. The number of Topliss-reactive ketones (excluding diaryl/α,β-unsaturated/α-hetero) is 1. The number of hydrogen-bond donors (Lipinski definition) is 0. The molecule has 8 heteroatoms. The first-order chi connectivity index (χ1) is 14.7. The maximum Gasteiger partial charge on any atom is 0.269 e. The Balaban J connectivity index is 1.54. The van der Waals surface area contributed by atoms with Crippen LogP contribution < -0.4 is 0 Å². The number of hydrogen-bond acceptors (Lipinski definition) is 4. The lowest BCUT2D eigenvalue weighted by atomic mass is 10.1. The molecule has 0 aliphatic carbocycles. The van der Waals surface area contributed by atoms with Gasteiger partial charge < -0.3 is 4.57 Å². The first-order valence-corrected chi connectivity index (χ1v) is 11.6. The van der Waals surface area contributed by atoms with Gasteiger partial charge in [0.1, 0.15) is 11.4 Å². The lowest BCUT2D eigenvalue weighted by molar-refractivity contribution is 0.0820. The third kappa shape index (κ3) is 3.79. The lowest BCUT2D eigenvalue weighted by Gasteiger charge is -2.14.